The summed E-state index contributed by atoms with van der Waals surface area (Å²) in [6, 6.07) is 12.7. The average Bonchev–Trinajstić information content (AvgIpc) is 2.98. The van der Waals surface area contributed by atoms with Crippen LogP contribution in [0.25, 0.3) is 0 Å². The van der Waals surface area contributed by atoms with Gasteiger partial charge in [-0.1, -0.05) is 30.3 Å². The molecule has 0 unspecified atom stereocenters. The maximum absolute atomic E-state index is 8.73. The van der Waals surface area contributed by atoms with E-state index >= 15 is 0 Å². The third-order valence-corrected chi connectivity index (χ3v) is 3.33. The number of nitriles is 1. The van der Waals surface area contributed by atoms with Gasteiger partial charge in [0.1, 0.15) is 6.07 Å². The van der Waals surface area contributed by atoms with Gasteiger partial charge in [0.2, 0.25) is 0 Å². The molecule has 1 heterocycles. The Morgan fingerprint density at radius 3 is 2.88 bits per heavy atom. The highest BCUT2D eigenvalue weighted by Gasteiger charge is 2.38. The van der Waals surface area contributed by atoms with Crippen molar-refractivity contribution in [3.8, 4) is 6.07 Å². The van der Waals surface area contributed by atoms with Crippen LogP contribution in [0, 0.1) is 17.2 Å². The lowest BCUT2D eigenvalue weighted by molar-refractivity contribution is 0.553. The lowest BCUT2D eigenvalue weighted by Gasteiger charge is -2.01. The number of benzene rings is 1. The van der Waals surface area contributed by atoms with Crippen LogP contribution in [0.4, 0.5) is 0 Å². The van der Waals surface area contributed by atoms with E-state index in [1.165, 1.54) is 12.0 Å². The van der Waals surface area contributed by atoms with Crippen molar-refractivity contribution in [1.82, 2.24) is 9.78 Å². The summed E-state index contributed by atoms with van der Waals surface area (Å²) in [5.41, 5.74) is 2.06. The summed E-state index contributed by atoms with van der Waals surface area (Å²) in [5.74, 6) is 1.34. The molecule has 3 rings (SSSR count). The monoisotopic (exact) mass is 223 g/mol. The van der Waals surface area contributed by atoms with Gasteiger partial charge in [-0.15, -0.1) is 0 Å². The minimum absolute atomic E-state index is 0.641. The third-order valence-electron chi connectivity index (χ3n) is 3.33. The number of rotatable bonds is 3. The Bertz CT molecular complexity index is 550. The minimum Gasteiger partial charge on any atom is -0.271 e. The van der Waals surface area contributed by atoms with Crippen molar-refractivity contribution in [1.29, 1.82) is 5.26 Å². The first kappa shape index (κ1) is 10.1. The van der Waals surface area contributed by atoms with E-state index in [2.05, 4.69) is 35.4 Å². The summed E-state index contributed by atoms with van der Waals surface area (Å²) in [5, 5.41) is 12.9. The zero-order valence-corrected chi connectivity index (χ0v) is 9.45. The largest absolute Gasteiger partial charge is 0.271 e. The molecular weight excluding hydrogens is 210 g/mol. The summed E-state index contributed by atoms with van der Waals surface area (Å²) in [6.07, 6.45) is 4.67. The van der Waals surface area contributed by atoms with Crippen molar-refractivity contribution in [2.24, 2.45) is 5.92 Å². The Hall–Kier alpha value is -2.08. The van der Waals surface area contributed by atoms with Gasteiger partial charge in [-0.05, 0) is 23.8 Å². The lowest BCUT2D eigenvalue weighted by atomic mass is 10.1. The van der Waals surface area contributed by atoms with Crippen molar-refractivity contribution in [3.63, 3.8) is 0 Å². The van der Waals surface area contributed by atoms with Crippen LogP contribution in [0.5, 0.6) is 0 Å². The predicted molar refractivity (Wildman–Crippen MR) is 64.2 cm³/mol. The van der Waals surface area contributed by atoms with Crippen LogP contribution in [-0.4, -0.2) is 9.78 Å². The summed E-state index contributed by atoms with van der Waals surface area (Å²) < 4.78 is 1.88. The molecule has 3 nitrogen and oxygen atoms in total. The van der Waals surface area contributed by atoms with Gasteiger partial charge in [-0.2, -0.15) is 10.4 Å². The van der Waals surface area contributed by atoms with Gasteiger partial charge in [-0.3, -0.25) is 4.68 Å². The van der Waals surface area contributed by atoms with E-state index in [0.29, 0.717) is 17.4 Å². The van der Waals surface area contributed by atoms with E-state index in [-0.39, 0.29) is 0 Å². The normalized spacial score (nSPS) is 22.1. The van der Waals surface area contributed by atoms with Crippen LogP contribution in [0.3, 0.4) is 0 Å². The van der Waals surface area contributed by atoms with E-state index in [4.69, 9.17) is 5.26 Å². The molecule has 0 amide bonds. The van der Waals surface area contributed by atoms with Crippen LogP contribution in [0.2, 0.25) is 0 Å². The molecule has 84 valence electrons. The first-order valence-corrected chi connectivity index (χ1v) is 5.84. The molecule has 3 heteroatoms. The van der Waals surface area contributed by atoms with Gasteiger partial charge in [0.25, 0.3) is 0 Å². The summed E-state index contributed by atoms with van der Waals surface area (Å²) in [7, 11) is 0. The number of aromatic nitrogens is 2. The Morgan fingerprint density at radius 2 is 2.18 bits per heavy atom. The number of nitrogens with zero attached hydrogens (tertiary/aromatic N) is 3. The molecule has 1 aliphatic carbocycles. The van der Waals surface area contributed by atoms with Crippen LogP contribution >= 0.6 is 0 Å². The molecule has 1 fully saturated rings. The maximum Gasteiger partial charge on any atom is 0.102 e. The smallest absolute Gasteiger partial charge is 0.102 e. The fourth-order valence-corrected chi connectivity index (χ4v) is 2.32. The van der Waals surface area contributed by atoms with Crippen molar-refractivity contribution in [2.45, 2.75) is 18.9 Å². The van der Waals surface area contributed by atoms with Crippen LogP contribution < -0.4 is 0 Å². The highest BCUT2D eigenvalue weighted by Crippen LogP contribution is 2.48. The molecule has 2 atom stereocenters. The van der Waals surface area contributed by atoms with Crippen LogP contribution in [0.1, 0.15) is 23.5 Å². The zero-order valence-electron chi connectivity index (χ0n) is 9.45. The van der Waals surface area contributed by atoms with E-state index in [1.54, 1.807) is 6.20 Å². The Kier molecular flexibility index (Phi) is 2.41. The SMILES string of the molecule is N#Cc1cnn(C[C@@H]2C[C@H]2c2ccccc2)c1. The Labute approximate surface area is 100 Å². The second-order valence-electron chi connectivity index (χ2n) is 4.58. The summed E-state index contributed by atoms with van der Waals surface area (Å²) >= 11 is 0. The summed E-state index contributed by atoms with van der Waals surface area (Å²) in [6.45, 7) is 0.918. The third kappa shape index (κ3) is 2.07. The second-order valence-corrected chi connectivity index (χ2v) is 4.58. The molecule has 0 bridgehead atoms. The molecule has 0 spiro atoms. The van der Waals surface area contributed by atoms with Crippen molar-refractivity contribution >= 4 is 0 Å². The van der Waals surface area contributed by atoms with Gasteiger partial charge in [0.15, 0.2) is 0 Å². The van der Waals surface area contributed by atoms with Gasteiger partial charge in [0.05, 0.1) is 11.8 Å². The highest BCUT2D eigenvalue weighted by molar-refractivity contribution is 5.26. The molecule has 17 heavy (non-hydrogen) atoms. The molecule has 1 saturated carbocycles. The Balaban J connectivity index is 1.65. The Morgan fingerprint density at radius 1 is 1.35 bits per heavy atom. The fraction of sp³-hybridized carbons (Fsp3) is 0.286. The van der Waals surface area contributed by atoms with Crippen LogP contribution in [-0.2, 0) is 6.54 Å². The molecule has 1 aromatic carbocycles. The van der Waals surface area contributed by atoms with Gasteiger partial charge < -0.3 is 0 Å². The zero-order chi connectivity index (χ0) is 11.7. The van der Waals surface area contributed by atoms with Crippen molar-refractivity contribution in [2.75, 3.05) is 0 Å². The molecule has 0 aliphatic heterocycles. The van der Waals surface area contributed by atoms with Crippen LogP contribution in [0.15, 0.2) is 42.7 Å². The topological polar surface area (TPSA) is 41.6 Å². The standard InChI is InChI=1S/C14H13N3/c15-7-11-8-16-17(9-11)10-13-6-14(13)12-4-2-1-3-5-12/h1-5,8-9,13-14H,6,10H2/t13-,14-/m0/s1. The maximum atomic E-state index is 8.73. The molecular formula is C14H13N3. The van der Waals surface area contributed by atoms with E-state index in [0.717, 1.165) is 6.54 Å². The van der Waals surface area contributed by atoms with Gasteiger partial charge in [-0.25, -0.2) is 0 Å². The number of hydrogen-bond donors (Lipinski definition) is 0. The van der Waals surface area contributed by atoms with E-state index in [9.17, 15) is 0 Å². The van der Waals surface area contributed by atoms with Crippen molar-refractivity contribution in [3.05, 3.63) is 53.9 Å². The molecule has 0 radical (unpaired) electrons. The van der Waals surface area contributed by atoms with E-state index in [1.807, 2.05) is 16.9 Å². The molecule has 0 saturated heterocycles. The molecule has 1 aliphatic rings. The second kappa shape index (κ2) is 4.06. The first-order chi connectivity index (χ1) is 8.36. The summed E-state index contributed by atoms with van der Waals surface area (Å²) in [4.78, 5) is 0. The fourth-order valence-electron chi connectivity index (χ4n) is 2.32. The first-order valence-electron chi connectivity index (χ1n) is 5.84. The quantitative estimate of drug-likeness (QED) is 0.802. The lowest BCUT2D eigenvalue weighted by Crippen LogP contribution is -2.01. The molecule has 2 aromatic rings. The van der Waals surface area contributed by atoms with Crippen molar-refractivity contribution < 1.29 is 0 Å². The molecule has 0 N–H and O–H groups in total. The van der Waals surface area contributed by atoms with Gasteiger partial charge in [0, 0.05) is 12.7 Å². The van der Waals surface area contributed by atoms with Gasteiger partial charge >= 0.3 is 0 Å². The highest BCUT2D eigenvalue weighted by atomic mass is 15.3. The minimum atomic E-state index is 0.641. The number of hydrogen-bond acceptors (Lipinski definition) is 2. The van der Waals surface area contributed by atoms with E-state index < -0.39 is 0 Å². The average molecular weight is 223 g/mol. The molecule has 1 aromatic heterocycles. The predicted octanol–water partition coefficient (Wildman–Crippen LogP) is 2.56.